The van der Waals surface area contributed by atoms with Crippen LogP contribution < -0.4 is 15.6 Å². The van der Waals surface area contributed by atoms with Crippen molar-refractivity contribution >= 4 is 22.7 Å². The van der Waals surface area contributed by atoms with E-state index in [-0.39, 0.29) is 17.1 Å². The van der Waals surface area contributed by atoms with E-state index in [1.54, 1.807) is 42.9 Å². The van der Waals surface area contributed by atoms with Crippen LogP contribution in [0, 0.1) is 5.92 Å². The van der Waals surface area contributed by atoms with Gasteiger partial charge in [0.25, 0.3) is 5.91 Å². The van der Waals surface area contributed by atoms with Gasteiger partial charge in [-0.2, -0.15) is 0 Å². The van der Waals surface area contributed by atoms with Crippen molar-refractivity contribution in [1.82, 2.24) is 15.3 Å². The number of fused-ring (bicyclic) bond motifs is 1. The van der Waals surface area contributed by atoms with Crippen LogP contribution in [0.15, 0.2) is 58.1 Å². The summed E-state index contributed by atoms with van der Waals surface area (Å²) in [6, 6.07) is 8.18. The Labute approximate surface area is 156 Å². The van der Waals surface area contributed by atoms with Gasteiger partial charge in [-0.3, -0.25) is 14.6 Å². The quantitative estimate of drug-likeness (QED) is 0.764. The fourth-order valence-corrected chi connectivity index (χ4v) is 3.36. The molecule has 1 amide bonds. The maximum absolute atomic E-state index is 12.4. The van der Waals surface area contributed by atoms with Gasteiger partial charge in [0.2, 0.25) is 0 Å². The summed E-state index contributed by atoms with van der Waals surface area (Å²) in [6.45, 7) is 2.32. The summed E-state index contributed by atoms with van der Waals surface area (Å²) in [6.07, 6.45) is 7.04. The van der Waals surface area contributed by atoms with Crippen molar-refractivity contribution in [2.45, 2.75) is 12.8 Å². The average molecular weight is 364 g/mol. The number of carbonyl (C=O) groups is 1. The number of anilines is 1. The maximum atomic E-state index is 12.4. The Balaban J connectivity index is 1.34. The van der Waals surface area contributed by atoms with E-state index in [0.29, 0.717) is 23.4 Å². The van der Waals surface area contributed by atoms with Crippen molar-refractivity contribution in [3.63, 3.8) is 0 Å². The molecule has 0 radical (unpaired) electrons. The summed E-state index contributed by atoms with van der Waals surface area (Å²) in [4.78, 5) is 35.2. The zero-order chi connectivity index (χ0) is 18.6. The molecule has 1 aliphatic rings. The minimum absolute atomic E-state index is 0.0516. The highest BCUT2D eigenvalue weighted by Gasteiger charge is 2.21. The number of aromatic nitrogens is 2. The zero-order valence-electron chi connectivity index (χ0n) is 14.8. The minimum atomic E-state index is -0.353. The van der Waals surface area contributed by atoms with Crippen LogP contribution in [0.25, 0.3) is 11.0 Å². The summed E-state index contributed by atoms with van der Waals surface area (Å²) in [5, 5.41) is 3.37. The highest BCUT2D eigenvalue weighted by Crippen LogP contribution is 2.20. The van der Waals surface area contributed by atoms with Gasteiger partial charge >= 0.3 is 0 Å². The predicted molar refractivity (Wildman–Crippen MR) is 102 cm³/mol. The van der Waals surface area contributed by atoms with E-state index >= 15 is 0 Å². The van der Waals surface area contributed by atoms with E-state index < -0.39 is 0 Å². The Bertz CT molecular complexity index is 995. The number of amides is 1. The normalized spacial score (nSPS) is 15.0. The molecule has 0 saturated carbocycles. The number of hydrogen-bond donors (Lipinski definition) is 1. The van der Waals surface area contributed by atoms with Crippen molar-refractivity contribution in [2.24, 2.45) is 5.92 Å². The second kappa shape index (κ2) is 7.57. The molecule has 0 unspecified atom stereocenters. The third-order valence-corrected chi connectivity index (χ3v) is 4.90. The van der Waals surface area contributed by atoms with Gasteiger partial charge in [-0.15, -0.1) is 0 Å². The number of nitrogens with zero attached hydrogens (tertiary/aromatic N) is 3. The first-order chi connectivity index (χ1) is 13.2. The molecule has 1 N–H and O–H groups in total. The molecule has 1 aliphatic heterocycles. The molecule has 1 fully saturated rings. The molecule has 0 aliphatic carbocycles. The number of hydrogen-bond acceptors (Lipinski definition) is 6. The monoisotopic (exact) mass is 364 g/mol. The molecule has 138 valence electrons. The van der Waals surface area contributed by atoms with E-state index in [2.05, 4.69) is 20.2 Å². The molecule has 1 aromatic carbocycles. The number of benzene rings is 1. The Morgan fingerprint density at radius 3 is 2.81 bits per heavy atom. The van der Waals surface area contributed by atoms with Crippen LogP contribution in [0.2, 0.25) is 0 Å². The van der Waals surface area contributed by atoms with Crippen LogP contribution in [0.5, 0.6) is 0 Å². The van der Waals surface area contributed by atoms with E-state index in [0.717, 1.165) is 31.7 Å². The molecule has 7 heteroatoms. The highest BCUT2D eigenvalue weighted by atomic mass is 16.3. The summed E-state index contributed by atoms with van der Waals surface area (Å²) < 4.78 is 5.58. The van der Waals surface area contributed by atoms with E-state index in [4.69, 9.17) is 4.42 Å². The van der Waals surface area contributed by atoms with Gasteiger partial charge in [0.05, 0.1) is 11.6 Å². The van der Waals surface area contributed by atoms with Gasteiger partial charge in [0.15, 0.2) is 11.2 Å². The molecular formula is C20H20N4O3. The Morgan fingerprint density at radius 1 is 1.22 bits per heavy atom. The standard InChI is InChI=1S/C20H20N4O3/c25-16-11-18(27-17-4-2-1-3-15(16)17)20(26)23-12-14-5-9-24(10-6-14)19-13-21-7-8-22-19/h1-4,7-8,11,13-14H,5-6,9-10,12H2,(H,23,26). The Morgan fingerprint density at radius 2 is 2.04 bits per heavy atom. The van der Waals surface area contributed by atoms with Gasteiger partial charge in [-0.25, -0.2) is 4.98 Å². The predicted octanol–water partition coefficient (Wildman–Crippen LogP) is 2.23. The third kappa shape index (κ3) is 3.81. The highest BCUT2D eigenvalue weighted by molar-refractivity contribution is 5.93. The van der Waals surface area contributed by atoms with E-state index in [9.17, 15) is 9.59 Å². The molecular weight excluding hydrogens is 344 g/mol. The van der Waals surface area contributed by atoms with Crippen molar-refractivity contribution in [3.8, 4) is 0 Å². The minimum Gasteiger partial charge on any atom is -0.451 e. The second-order valence-corrected chi connectivity index (χ2v) is 6.68. The maximum Gasteiger partial charge on any atom is 0.287 e. The second-order valence-electron chi connectivity index (χ2n) is 6.68. The molecule has 0 bridgehead atoms. The number of piperidine rings is 1. The fourth-order valence-electron chi connectivity index (χ4n) is 3.36. The smallest absolute Gasteiger partial charge is 0.287 e. The van der Waals surface area contributed by atoms with E-state index in [1.165, 1.54) is 6.07 Å². The molecule has 3 heterocycles. The lowest BCUT2D eigenvalue weighted by Crippen LogP contribution is -2.39. The summed E-state index contributed by atoms with van der Waals surface area (Å²) in [5.41, 5.74) is 0.215. The van der Waals surface area contributed by atoms with Crippen molar-refractivity contribution in [3.05, 3.63) is 64.9 Å². The molecule has 2 aromatic heterocycles. The first-order valence-corrected chi connectivity index (χ1v) is 9.03. The van der Waals surface area contributed by atoms with Crippen LogP contribution in [0.1, 0.15) is 23.4 Å². The Hall–Kier alpha value is -3.22. The fraction of sp³-hybridized carbons (Fsp3) is 0.300. The van der Waals surface area contributed by atoms with Crippen molar-refractivity contribution < 1.29 is 9.21 Å². The molecule has 0 atom stereocenters. The number of nitrogens with one attached hydrogen (secondary N) is 1. The lowest BCUT2D eigenvalue weighted by atomic mass is 9.97. The number of para-hydroxylation sites is 1. The van der Waals surface area contributed by atoms with Crippen molar-refractivity contribution in [2.75, 3.05) is 24.5 Å². The largest absolute Gasteiger partial charge is 0.451 e. The molecule has 3 aromatic rings. The molecule has 7 nitrogen and oxygen atoms in total. The molecule has 0 spiro atoms. The van der Waals surface area contributed by atoms with Gasteiger partial charge in [0, 0.05) is 38.1 Å². The zero-order valence-corrected chi connectivity index (χ0v) is 14.8. The van der Waals surface area contributed by atoms with Crippen LogP contribution in [-0.2, 0) is 0 Å². The lowest BCUT2D eigenvalue weighted by Gasteiger charge is -2.32. The van der Waals surface area contributed by atoms with Crippen LogP contribution >= 0.6 is 0 Å². The Kier molecular flexibility index (Phi) is 4.82. The van der Waals surface area contributed by atoms with E-state index in [1.807, 2.05) is 0 Å². The van der Waals surface area contributed by atoms with Crippen LogP contribution in [-0.4, -0.2) is 35.5 Å². The van der Waals surface area contributed by atoms with Gasteiger partial charge in [0.1, 0.15) is 11.4 Å². The topological polar surface area (TPSA) is 88.3 Å². The molecule has 27 heavy (non-hydrogen) atoms. The number of rotatable bonds is 4. The molecule has 1 saturated heterocycles. The SMILES string of the molecule is O=C(NCC1CCN(c2cnccn2)CC1)c1cc(=O)c2ccccc2o1. The van der Waals surface area contributed by atoms with Gasteiger partial charge in [-0.05, 0) is 30.9 Å². The first-order valence-electron chi connectivity index (χ1n) is 9.03. The lowest BCUT2D eigenvalue weighted by molar-refractivity contribution is 0.0917. The summed E-state index contributed by atoms with van der Waals surface area (Å²) in [7, 11) is 0. The summed E-state index contributed by atoms with van der Waals surface area (Å²) >= 11 is 0. The summed E-state index contributed by atoms with van der Waals surface area (Å²) in [5.74, 6) is 0.969. The average Bonchev–Trinajstić information content (AvgIpc) is 2.73. The third-order valence-electron chi connectivity index (χ3n) is 4.90. The molecule has 4 rings (SSSR count). The van der Waals surface area contributed by atoms with Crippen LogP contribution in [0.3, 0.4) is 0 Å². The first kappa shape index (κ1) is 17.2. The van der Waals surface area contributed by atoms with Gasteiger partial charge in [-0.1, -0.05) is 12.1 Å². The van der Waals surface area contributed by atoms with Gasteiger partial charge < -0.3 is 14.6 Å². The van der Waals surface area contributed by atoms with Crippen molar-refractivity contribution in [1.29, 1.82) is 0 Å². The van der Waals surface area contributed by atoms with Crippen LogP contribution in [0.4, 0.5) is 5.82 Å². The number of carbonyl (C=O) groups excluding carboxylic acids is 1.